The van der Waals surface area contributed by atoms with Gasteiger partial charge in [0.05, 0.1) is 4.90 Å². The molecule has 0 spiro atoms. The van der Waals surface area contributed by atoms with Crippen LogP contribution in [0.1, 0.15) is 10.4 Å². The van der Waals surface area contributed by atoms with E-state index in [1.54, 1.807) is 36.4 Å². The van der Waals surface area contributed by atoms with Crippen LogP contribution in [0.2, 0.25) is 0 Å². The molecule has 7 heteroatoms. The van der Waals surface area contributed by atoms with Gasteiger partial charge in [0.2, 0.25) is 10.0 Å². The van der Waals surface area contributed by atoms with Crippen LogP contribution in [0.5, 0.6) is 0 Å². The van der Waals surface area contributed by atoms with Crippen LogP contribution in [0, 0.1) is 0 Å². The Balaban J connectivity index is 2.24. The summed E-state index contributed by atoms with van der Waals surface area (Å²) in [6, 6.07) is 13.1. The summed E-state index contributed by atoms with van der Waals surface area (Å²) >= 11 is 3.30. The molecule has 0 aliphatic carbocycles. The van der Waals surface area contributed by atoms with Crippen molar-refractivity contribution in [2.45, 2.75) is 4.90 Å². The lowest BCUT2D eigenvalue weighted by molar-refractivity contribution is 0.102. The Morgan fingerprint density at radius 2 is 1.73 bits per heavy atom. The van der Waals surface area contributed by atoms with E-state index in [9.17, 15) is 13.2 Å². The molecule has 0 bridgehead atoms. The number of nitrogens with one attached hydrogen (secondary N) is 1. The number of benzene rings is 2. The number of hydrogen-bond acceptors (Lipinski definition) is 3. The Morgan fingerprint density at radius 3 is 2.32 bits per heavy atom. The highest BCUT2D eigenvalue weighted by Crippen LogP contribution is 2.19. The molecule has 22 heavy (non-hydrogen) atoms. The largest absolute Gasteiger partial charge is 0.322 e. The van der Waals surface area contributed by atoms with E-state index in [1.807, 2.05) is 0 Å². The normalized spacial score (nSPS) is 11.5. The second-order valence-corrected chi connectivity index (χ2v) is 7.84. The molecule has 116 valence electrons. The van der Waals surface area contributed by atoms with Crippen molar-refractivity contribution in [3.8, 4) is 0 Å². The number of nitrogens with zero attached hydrogens (tertiary/aromatic N) is 1. The Labute approximate surface area is 138 Å². The molecule has 0 aliphatic rings. The van der Waals surface area contributed by atoms with Crippen molar-refractivity contribution < 1.29 is 13.2 Å². The number of halogens is 1. The predicted octanol–water partition coefficient (Wildman–Crippen LogP) is 2.95. The average Bonchev–Trinajstić information content (AvgIpc) is 2.48. The standard InChI is InChI=1S/C15H15BrN2O3S/c1-18(2)22(20,21)14-5-3-4-13(10-14)17-15(19)11-6-8-12(16)9-7-11/h3-10H,1-2H3,(H,17,19). The van der Waals surface area contributed by atoms with E-state index in [4.69, 9.17) is 0 Å². The maximum absolute atomic E-state index is 12.1. The van der Waals surface area contributed by atoms with Gasteiger partial charge in [-0.25, -0.2) is 12.7 Å². The van der Waals surface area contributed by atoms with Gasteiger partial charge in [-0.15, -0.1) is 0 Å². The summed E-state index contributed by atoms with van der Waals surface area (Å²) in [5, 5.41) is 2.69. The summed E-state index contributed by atoms with van der Waals surface area (Å²) in [7, 11) is -0.608. The molecule has 1 amide bonds. The summed E-state index contributed by atoms with van der Waals surface area (Å²) in [5.74, 6) is -0.299. The summed E-state index contributed by atoms with van der Waals surface area (Å²) in [6.07, 6.45) is 0. The van der Waals surface area contributed by atoms with Gasteiger partial charge in [0.25, 0.3) is 5.91 Å². The number of carbonyl (C=O) groups is 1. The highest BCUT2D eigenvalue weighted by molar-refractivity contribution is 9.10. The van der Waals surface area contributed by atoms with E-state index in [0.29, 0.717) is 11.3 Å². The number of carbonyl (C=O) groups excluding carboxylic acids is 1. The fourth-order valence-electron chi connectivity index (χ4n) is 1.75. The van der Waals surface area contributed by atoms with Crippen molar-refractivity contribution in [2.24, 2.45) is 0 Å². The summed E-state index contributed by atoms with van der Waals surface area (Å²) in [6.45, 7) is 0. The van der Waals surface area contributed by atoms with E-state index in [2.05, 4.69) is 21.2 Å². The number of hydrogen-bond donors (Lipinski definition) is 1. The second kappa shape index (κ2) is 6.60. The number of amides is 1. The van der Waals surface area contributed by atoms with E-state index in [0.717, 1.165) is 8.78 Å². The van der Waals surface area contributed by atoms with Crippen LogP contribution in [-0.4, -0.2) is 32.7 Å². The Morgan fingerprint density at radius 1 is 1.09 bits per heavy atom. The van der Waals surface area contributed by atoms with Gasteiger partial charge in [-0.1, -0.05) is 22.0 Å². The Kier molecular flexibility index (Phi) is 5.00. The molecule has 2 aromatic rings. The minimum Gasteiger partial charge on any atom is -0.322 e. The molecule has 0 atom stereocenters. The van der Waals surface area contributed by atoms with Crippen LogP contribution in [0.4, 0.5) is 5.69 Å². The molecule has 0 radical (unpaired) electrons. The zero-order valence-corrected chi connectivity index (χ0v) is 14.5. The lowest BCUT2D eigenvalue weighted by Crippen LogP contribution is -2.22. The molecule has 0 aromatic heterocycles. The molecule has 1 N–H and O–H groups in total. The first-order chi connectivity index (χ1) is 10.3. The van der Waals surface area contributed by atoms with Crippen LogP contribution in [-0.2, 0) is 10.0 Å². The molecule has 0 heterocycles. The monoisotopic (exact) mass is 382 g/mol. The maximum atomic E-state index is 12.1. The SMILES string of the molecule is CN(C)S(=O)(=O)c1cccc(NC(=O)c2ccc(Br)cc2)c1. The van der Waals surface area contributed by atoms with Crippen LogP contribution < -0.4 is 5.32 Å². The number of rotatable bonds is 4. The fourth-order valence-corrected chi connectivity index (χ4v) is 2.96. The molecule has 2 aromatic carbocycles. The zero-order valence-electron chi connectivity index (χ0n) is 12.1. The van der Waals surface area contributed by atoms with Crippen LogP contribution in [0.25, 0.3) is 0 Å². The number of anilines is 1. The first-order valence-corrected chi connectivity index (χ1v) is 8.63. The van der Waals surface area contributed by atoms with E-state index in [1.165, 1.54) is 26.2 Å². The molecule has 0 saturated heterocycles. The van der Waals surface area contributed by atoms with E-state index < -0.39 is 10.0 Å². The molecular formula is C15H15BrN2O3S. The molecule has 0 unspecified atom stereocenters. The summed E-state index contributed by atoms with van der Waals surface area (Å²) < 4.78 is 26.2. The third-order valence-corrected chi connectivity index (χ3v) is 5.32. The van der Waals surface area contributed by atoms with Gasteiger partial charge < -0.3 is 5.32 Å². The molecule has 0 saturated carbocycles. The van der Waals surface area contributed by atoms with Gasteiger partial charge in [-0.2, -0.15) is 0 Å². The minimum absolute atomic E-state index is 0.131. The van der Waals surface area contributed by atoms with E-state index >= 15 is 0 Å². The van der Waals surface area contributed by atoms with Crippen molar-refractivity contribution in [1.29, 1.82) is 0 Å². The van der Waals surface area contributed by atoms with Crippen LogP contribution in [0.15, 0.2) is 57.9 Å². The fraction of sp³-hybridized carbons (Fsp3) is 0.133. The first-order valence-electron chi connectivity index (χ1n) is 6.40. The van der Waals surface area contributed by atoms with Gasteiger partial charge in [-0.3, -0.25) is 4.79 Å². The maximum Gasteiger partial charge on any atom is 0.255 e. The van der Waals surface area contributed by atoms with Crippen molar-refractivity contribution >= 4 is 37.5 Å². The molecule has 5 nitrogen and oxygen atoms in total. The van der Waals surface area contributed by atoms with Crippen molar-refractivity contribution in [3.63, 3.8) is 0 Å². The summed E-state index contributed by atoms with van der Waals surface area (Å²) in [4.78, 5) is 12.3. The first kappa shape index (κ1) is 16.7. The highest BCUT2D eigenvalue weighted by atomic mass is 79.9. The van der Waals surface area contributed by atoms with Gasteiger partial charge in [0.1, 0.15) is 0 Å². The molecule has 0 fully saturated rings. The lowest BCUT2D eigenvalue weighted by atomic mass is 10.2. The van der Waals surface area contributed by atoms with Gasteiger partial charge in [-0.05, 0) is 42.5 Å². The zero-order chi connectivity index (χ0) is 16.3. The van der Waals surface area contributed by atoms with Crippen molar-refractivity contribution in [3.05, 3.63) is 58.6 Å². The van der Waals surface area contributed by atoms with Crippen LogP contribution >= 0.6 is 15.9 Å². The van der Waals surface area contributed by atoms with Gasteiger partial charge in [0.15, 0.2) is 0 Å². The molecule has 2 rings (SSSR count). The third-order valence-electron chi connectivity index (χ3n) is 2.98. The smallest absolute Gasteiger partial charge is 0.255 e. The molecular weight excluding hydrogens is 368 g/mol. The quantitative estimate of drug-likeness (QED) is 0.883. The van der Waals surface area contributed by atoms with Crippen molar-refractivity contribution in [2.75, 3.05) is 19.4 Å². The average molecular weight is 383 g/mol. The summed E-state index contributed by atoms with van der Waals surface area (Å²) in [5.41, 5.74) is 0.917. The number of sulfonamides is 1. The third kappa shape index (κ3) is 3.73. The van der Waals surface area contributed by atoms with Gasteiger partial charge >= 0.3 is 0 Å². The van der Waals surface area contributed by atoms with Crippen molar-refractivity contribution in [1.82, 2.24) is 4.31 Å². The van der Waals surface area contributed by atoms with E-state index in [-0.39, 0.29) is 10.8 Å². The van der Waals surface area contributed by atoms with Gasteiger partial charge in [0, 0.05) is 29.8 Å². The van der Waals surface area contributed by atoms with Crippen LogP contribution in [0.3, 0.4) is 0 Å². The Bertz CT molecular complexity index is 787. The Hall–Kier alpha value is -1.70. The second-order valence-electron chi connectivity index (χ2n) is 4.78. The lowest BCUT2D eigenvalue weighted by Gasteiger charge is -2.12. The molecule has 0 aliphatic heterocycles. The minimum atomic E-state index is -3.53. The topological polar surface area (TPSA) is 66.5 Å². The highest BCUT2D eigenvalue weighted by Gasteiger charge is 2.17. The predicted molar refractivity (Wildman–Crippen MR) is 89.4 cm³/mol.